The molecule has 1 aliphatic rings. The lowest BCUT2D eigenvalue weighted by Gasteiger charge is -2.24. The van der Waals surface area contributed by atoms with Crippen molar-refractivity contribution in [1.29, 1.82) is 0 Å². The van der Waals surface area contributed by atoms with Crippen molar-refractivity contribution in [3.8, 4) is 5.75 Å². The Kier molecular flexibility index (Phi) is 16.1. The molecule has 5 aromatic carbocycles. The van der Waals surface area contributed by atoms with Crippen LogP contribution in [0.4, 0.5) is 0 Å². The molecule has 0 amide bonds. The maximum absolute atomic E-state index is 11.3. The lowest BCUT2D eigenvalue weighted by Crippen LogP contribution is -2.27. The summed E-state index contributed by atoms with van der Waals surface area (Å²) in [6.45, 7) is 4.17. The Labute approximate surface area is 344 Å². The highest BCUT2D eigenvalue weighted by atomic mass is 35.5. The fraction of sp³-hybridized carbons (Fsp3) is 0.244. The highest BCUT2D eigenvalue weighted by Crippen LogP contribution is 2.31. The van der Waals surface area contributed by atoms with E-state index in [2.05, 4.69) is 71.1 Å². The summed E-state index contributed by atoms with van der Waals surface area (Å²) < 4.78 is 75.4. The average molecular weight is 859 g/mol. The average Bonchev–Trinajstić information content (AvgIpc) is 3.46. The van der Waals surface area contributed by atoms with Gasteiger partial charge in [0, 0.05) is 65.0 Å². The van der Waals surface area contributed by atoms with E-state index >= 15 is 0 Å². The minimum Gasteiger partial charge on any atom is -0.482 e. The lowest BCUT2D eigenvalue weighted by molar-refractivity contribution is -0.146. The second-order valence-electron chi connectivity index (χ2n) is 13.3. The highest BCUT2D eigenvalue weighted by Gasteiger charge is 2.22. The van der Waals surface area contributed by atoms with Crippen LogP contribution in [-0.2, 0) is 49.3 Å². The first kappa shape index (κ1) is 45.2. The zero-order valence-corrected chi connectivity index (χ0v) is 34.8. The van der Waals surface area contributed by atoms with Gasteiger partial charge in [-0.05, 0) is 74.7 Å². The van der Waals surface area contributed by atoms with Crippen molar-refractivity contribution in [3.05, 3.63) is 137 Å². The van der Waals surface area contributed by atoms with Crippen LogP contribution < -0.4 is 4.74 Å². The van der Waals surface area contributed by atoms with E-state index in [-0.39, 0.29) is 35.8 Å². The van der Waals surface area contributed by atoms with E-state index in [1.54, 1.807) is 24.3 Å². The summed E-state index contributed by atoms with van der Waals surface area (Å²) in [7, 11) is -2.89. The standard InChI is InChI=1S/C19H20N2.C12H16ClNO3.C10H8O6S2.ClH/c1-20-12-11-19-17(14-20)16-9-5-6-10-18(16)21(19)13-15-7-3-2-4-8-15;1-14(2)7-8-16-12(15)9-17-11-5-3-10(13)4-6-11;11-17(12,13)9-5-1-3-7-8(9)4-2-6-10(7)18(14,15)16;/h2-10H,11-14H2,1H3;3-6H,7-9H2,1-2H3;1-6H,(H,11,12,13)(H,14,15,16);1H. The largest absolute Gasteiger partial charge is 0.482 e. The Hall–Kier alpha value is -4.51. The highest BCUT2D eigenvalue weighted by molar-refractivity contribution is 7.86. The Morgan fingerprint density at radius 2 is 1.33 bits per heavy atom. The number of ether oxygens (including phenoxy) is 2. The first-order valence-electron chi connectivity index (χ1n) is 17.6. The summed E-state index contributed by atoms with van der Waals surface area (Å²) in [4.78, 5) is 14.8. The molecule has 0 fully saturated rings. The molecule has 0 spiro atoms. The van der Waals surface area contributed by atoms with Crippen LogP contribution in [0.2, 0.25) is 5.02 Å². The number of aromatic nitrogens is 1. The summed E-state index contributed by atoms with van der Waals surface area (Å²) >= 11 is 5.72. The van der Waals surface area contributed by atoms with Gasteiger partial charge in [0.15, 0.2) is 6.61 Å². The molecule has 0 saturated heterocycles. The van der Waals surface area contributed by atoms with Gasteiger partial charge in [-0.1, -0.05) is 84.4 Å². The van der Waals surface area contributed by atoms with Gasteiger partial charge >= 0.3 is 5.97 Å². The molecule has 57 heavy (non-hydrogen) atoms. The van der Waals surface area contributed by atoms with Gasteiger partial charge in [0.2, 0.25) is 0 Å². The number of benzene rings is 5. The van der Waals surface area contributed by atoms with Crippen LogP contribution in [0.25, 0.3) is 21.7 Å². The summed E-state index contributed by atoms with van der Waals surface area (Å²) in [5.74, 6) is 0.223. The van der Waals surface area contributed by atoms with E-state index in [4.69, 9.17) is 30.2 Å². The van der Waals surface area contributed by atoms with Crippen LogP contribution in [-0.4, -0.2) is 93.7 Å². The molecule has 0 saturated carbocycles. The van der Waals surface area contributed by atoms with Crippen molar-refractivity contribution >= 4 is 71.9 Å². The maximum Gasteiger partial charge on any atom is 0.344 e. The van der Waals surface area contributed by atoms with Crippen LogP contribution >= 0.6 is 24.0 Å². The third kappa shape index (κ3) is 12.5. The maximum atomic E-state index is 11.3. The Morgan fingerprint density at radius 1 is 0.772 bits per heavy atom. The van der Waals surface area contributed by atoms with E-state index in [0.717, 1.165) is 38.2 Å². The van der Waals surface area contributed by atoms with Crippen molar-refractivity contribution in [3.63, 3.8) is 0 Å². The van der Waals surface area contributed by atoms with Crippen LogP contribution in [0.15, 0.2) is 125 Å². The zero-order valence-electron chi connectivity index (χ0n) is 31.6. The van der Waals surface area contributed by atoms with Crippen LogP contribution in [0, 0.1) is 0 Å². The van der Waals surface area contributed by atoms with E-state index < -0.39 is 30.0 Å². The predicted molar refractivity (Wildman–Crippen MR) is 225 cm³/mol. The minimum atomic E-state index is -4.47. The number of fused-ring (bicyclic) bond motifs is 4. The van der Waals surface area contributed by atoms with Gasteiger partial charge in [-0.3, -0.25) is 9.11 Å². The first-order valence-corrected chi connectivity index (χ1v) is 20.8. The number of likely N-dealkylation sites (N-methyl/N-ethyl adjacent to an activating group) is 2. The van der Waals surface area contributed by atoms with Crippen LogP contribution in [0.1, 0.15) is 16.8 Å². The summed E-state index contributed by atoms with van der Waals surface area (Å²) in [5, 5.41) is 2.10. The normalized spacial score (nSPS) is 12.8. The SMILES string of the molecule is CN(C)CCOC(=O)COc1ccc(Cl)cc1.CN1CCc2c(c3ccccc3n2Cc2ccccc2)C1.Cl.O=S(=O)(O)c1cccc2c(S(=O)(=O)O)cccc12. The summed E-state index contributed by atoms with van der Waals surface area (Å²) in [5.41, 5.74) is 5.80. The number of halogens is 2. The van der Waals surface area contributed by atoms with Gasteiger partial charge in [-0.2, -0.15) is 16.8 Å². The fourth-order valence-corrected chi connectivity index (χ4v) is 7.78. The molecule has 12 nitrogen and oxygen atoms in total. The first-order chi connectivity index (χ1) is 26.6. The summed E-state index contributed by atoms with van der Waals surface area (Å²) in [6.07, 6.45) is 1.15. The van der Waals surface area contributed by atoms with Crippen LogP contribution in [0.3, 0.4) is 0 Å². The molecule has 6 aromatic rings. The third-order valence-corrected chi connectivity index (χ3v) is 11.0. The topological polar surface area (TPSA) is 156 Å². The number of para-hydroxylation sites is 1. The molecule has 2 N–H and O–H groups in total. The summed E-state index contributed by atoms with van der Waals surface area (Å²) in [6, 6.07) is 34.0. The molecule has 304 valence electrons. The van der Waals surface area contributed by atoms with Crippen LogP contribution in [0.5, 0.6) is 5.75 Å². The smallest absolute Gasteiger partial charge is 0.344 e. The lowest BCUT2D eigenvalue weighted by atomic mass is 10.1. The van der Waals surface area contributed by atoms with Crippen molar-refractivity contribution in [2.75, 3.05) is 47.4 Å². The molecule has 0 bridgehead atoms. The predicted octanol–water partition coefficient (Wildman–Crippen LogP) is 7.26. The number of carbonyl (C=O) groups excluding carboxylic acids is 1. The van der Waals surface area contributed by atoms with Gasteiger partial charge in [0.05, 0.1) is 0 Å². The van der Waals surface area contributed by atoms with Crippen molar-refractivity contribution in [2.24, 2.45) is 0 Å². The quantitative estimate of drug-likeness (QED) is 0.106. The van der Waals surface area contributed by atoms with Crippen molar-refractivity contribution in [1.82, 2.24) is 14.4 Å². The van der Waals surface area contributed by atoms with E-state index in [1.807, 2.05) is 19.0 Å². The van der Waals surface area contributed by atoms with Gasteiger partial charge in [-0.25, -0.2) is 4.79 Å². The molecule has 16 heteroatoms. The number of rotatable bonds is 10. The molecule has 1 aliphatic heterocycles. The third-order valence-electron chi connectivity index (χ3n) is 8.91. The second-order valence-corrected chi connectivity index (χ2v) is 16.5. The van der Waals surface area contributed by atoms with Crippen molar-refractivity contribution < 1.29 is 40.2 Å². The molecule has 0 radical (unpaired) electrons. The second kappa shape index (κ2) is 20.3. The van der Waals surface area contributed by atoms with Gasteiger partial charge in [0.1, 0.15) is 22.1 Å². The zero-order chi connectivity index (χ0) is 40.5. The molecule has 1 aromatic heterocycles. The Balaban J connectivity index is 0.000000189. The number of hydrogen-bond donors (Lipinski definition) is 2. The van der Waals surface area contributed by atoms with Gasteiger partial charge in [-0.15, -0.1) is 12.4 Å². The van der Waals surface area contributed by atoms with Crippen molar-refractivity contribution in [2.45, 2.75) is 29.3 Å². The fourth-order valence-electron chi connectivity index (χ4n) is 6.24. The van der Waals surface area contributed by atoms with Gasteiger partial charge in [0.25, 0.3) is 20.2 Å². The minimum absolute atomic E-state index is 0. The van der Waals surface area contributed by atoms with Gasteiger partial charge < -0.3 is 23.8 Å². The Morgan fingerprint density at radius 3 is 1.91 bits per heavy atom. The van der Waals surface area contributed by atoms with E-state index in [0.29, 0.717) is 23.9 Å². The molecule has 0 aliphatic carbocycles. The number of carbonyl (C=O) groups is 1. The molecule has 2 heterocycles. The number of esters is 1. The Bertz CT molecular complexity index is 2430. The van der Waals surface area contributed by atoms with E-state index in [1.165, 1.54) is 52.0 Å². The molecular formula is C41H45Cl2N3O9S2. The van der Waals surface area contributed by atoms with E-state index in [9.17, 15) is 21.6 Å². The molecule has 0 atom stereocenters. The number of hydrogen-bond acceptors (Lipinski definition) is 9. The number of nitrogens with zero attached hydrogens (tertiary/aromatic N) is 3. The monoisotopic (exact) mass is 857 g/mol. The molecule has 7 rings (SSSR count). The molecule has 0 unspecified atom stereocenters. The molecular weight excluding hydrogens is 814 g/mol.